The molecular formula is C14H23N3O2S. The molecular weight excluding hydrogens is 274 g/mol. The summed E-state index contributed by atoms with van der Waals surface area (Å²) in [5.41, 5.74) is 0.0589. The molecule has 0 atom stereocenters. The second kappa shape index (κ2) is 5.69. The third-order valence-corrected chi connectivity index (χ3v) is 5.41. The van der Waals surface area contributed by atoms with E-state index in [0.717, 1.165) is 19.4 Å². The van der Waals surface area contributed by atoms with Gasteiger partial charge in [-0.15, -0.1) is 0 Å². The molecule has 1 aliphatic heterocycles. The minimum atomic E-state index is -3.40. The predicted octanol–water partition coefficient (Wildman–Crippen LogP) is 2.32. The second-order valence-electron chi connectivity index (χ2n) is 6.06. The molecule has 1 aromatic rings. The van der Waals surface area contributed by atoms with E-state index in [1.165, 1.54) is 0 Å². The SMILES string of the molecule is CCCNc1cc(S(=O)(=O)N2CCC(C)(C)C2)ccn1. The van der Waals surface area contributed by atoms with Gasteiger partial charge in [0.1, 0.15) is 5.82 Å². The van der Waals surface area contributed by atoms with Gasteiger partial charge >= 0.3 is 0 Å². The van der Waals surface area contributed by atoms with Crippen molar-refractivity contribution < 1.29 is 8.42 Å². The molecule has 0 bridgehead atoms. The normalized spacial score (nSPS) is 19.1. The van der Waals surface area contributed by atoms with E-state index in [4.69, 9.17) is 0 Å². The summed E-state index contributed by atoms with van der Waals surface area (Å²) in [6.07, 6.45) is 3.42. The summed E-state index contributed by atoms with van der Waals surface area (Å²) >= 11 is 0. The number of nitrogens with zero attached hydrogens (tertiary/aromatic N) is 2. The minimum absolute atomic E-state index is 0.0589. The van der Waals surface area contributed by atoms with Gasteiger partial charge in [-0.3, -0.25) is 0 Å². The molecule has 0 amide bonds. The monoisotopic (exact) mass is 297 g/mol. The standard InChI is InChI=1S/C14H23N3O2S/c1-4-7-15-13-10-12(5-8-16-13)20(18,19)17-9-6-14(2,3)11-17/h5,8,10H,4,6-7,9,11H2,1-3H3,(H,15,16). The van der Waals surface area contributed by atoms with Crippen LogP contribution in [0.4, 0.5) is 5.82 Å². The fraction of sp³-hybridized carbons (Fsp3) is 0.643. The molecule has 1 fully saturated rings. The molecule has 2 rings (SSSR count). The molecule has 1 N–H and O–H groups in total. The van der Waals surface area contributed by atoms with Crippen LogP contribution in [0.25, 0.3) is 0 Å². The van der Waals surface area contributed by atoms with Gasteiger partial charge in [-0.2, -0.15) is 4.31 Å². The lowest BCUT2D eigenvalue weighted by molar-refractivity contribution is 0.375. The number of aromatic nitrogens is 1. The van der Waals surface area contributed by atoms with Crippen molar-refractivity contribution in [2.45, 2.75) is 38.5 Å². The lowest BCUT2D eigenvalue weighted by Gasteiger charge is -2.20. The Bertz CT molecular complexity index is 570. The molecule has 1 saturated heterocycles. The van der Waals surface area contributed by atoms with Crippen LogP contribution in [0.1, 0.15) is 33.6 Å². The lowest BCUT2D eigenvalue weighted by Crippen LogP contribution is -2.30. The molecule has 112 valence electrons. The maximum Gasteiger partial charge on any atom is 0.243 e. The highest BCUT2D eigenvalue weighted by molar-refractivity contribution is 7.89. The predicted molar refractivity (Wildman–Crippen MR) is 80.2 cm³/mol. The lowest BCUT2D eigenvalue weighted by atomic mass is 9.93. The molecule has 1 aliphatic rings. The molecule has 2 heterocycles. The maximum absolute atomic E-state index is 12.6. The van der Waals surface area contributed by atoms with E-state index in [-0.39, 0.29) is 5.41 Å². The van der Waals surface area contributed by atoms with Crippen LogP contribution in [0.3, 0.4) is 0 Å². The van der Waals surface area contributed by atoms with Crippen LogP contribution in [-0.2, 0) is 10.0 Å². The van der Waals surface area contributed by atoms with Crippen LogP contribution in [0.2, 0.25) is 0 Å². The van der Waals surface area contributed by atoms with Crippen LogP contribution < -0.4 is 5.32 Å². The Hall–Kier alpha value is -1.14. The van der Waals surface area contributed by atoms with E-state index < -0.39 is 10.0 Å². The van der Waals surface area contributed by atoms with Crippen molar-refractivity contribution in [3.05, 3.63) is 18.3 Å². The van der Waals surface area contributed by atoms with Gasteiger partial charge < -0.3 is 5.32 Å². The van der Waals surface area contributed by atoms with Gasteiger partial charge in [0, 0.05) is 31.9 Å². The summed E-state index contributed by atoms with van der Waals surface area (Å²) in [6, 6.07) is 3.19. The van der Waals surface area contributed by atoms with Crippen molar-refractivity contribution >= 4 is 15.8 Å². The molecule has 0 radical (unpaired) electrons. The smallest absolute Gasteiger partial charge is 0.243 e. The first-order valence-corrected chi connectivity index (χ1v) is 8.49. The Morgan fingerprint density at radius 1 is 1.45 bits per heavy atom. The van der Waals surface area contributed by atoms with Crippen LogP contribution in [0.15, 0.2) is 23.2 Å². The topological polar surface area (TPSA) is 62.3 Å². The maximum atomic E-state index is 12.6. The molecule has 20 heavy (non-hydrogen) atoms. The average Bonchev–Trinajstić information content (AvgIpc) is 2.78. The second-order valence-corrected chi connectivity index (χ2v) is 7.99. The number of pyridine rings is 1. The van der Waals surface area contributed by atoms with Gasteiger partial charge in [-0.1, -0.05) is 20.8 Å². The molecule has 0 saturated carbocycles. The fourth-order valence-corrected chi connectivity index (χ4v) is 3.98. The van der Waals surface area contributed by atoms with Crippen molar-refractivity contribution in [3.63, 3.8) is 0 Å². The first-order valence-electron chi connectivity index (χ1n) is 7.05. The molecule has 0 aromatic carbocycles. The number of nitrogens with one attached hydrogen (secondary N) is 1. The van der Waals surface area contributed by atoms with E-state index >= 15 is 0 Å². The Morgan fingerprint density at radius 2 is 2.20 bits per heavy atom. The van der Waals surface area contributed by atoms with Gasteiger partial charge in [0.15, 0.2) is 0 Å². The van der Waals surface area contributed by atoms with Crippen LogP contribution in [0.5, 0.6) is 0 Å². The van der Waals surface area contributed by atoms with Crippen LogP contribution >= 0.6 is 0 Å². The van der Waals surface area contributed by atoms with Crippen molar-refractivity contribution in [2.24, 2.45) is 5.41 Å². The number of sulfonamides is 1. The highest BCUT2D eigenvalue weighted by Crippen LogP contribution is 2.32. The van der Waals surface area contributed by atoms with Crippen molar-refractivity contribution in [3.8, 4) is 0 Å². The number of hydrogen-bond donors (Lipinski definition) is 1. The zero-order valence-electron chi connectivity index (χ0n) is 12.4. The molecule has 5 nitrogen and oxygen atoms in total. The highest BCUT2D eigenvalue weighted by Gasteiger charge is 2.36. The fourth-order valence-electron chi connectivity index (χ4n) is 2.34. The van der Waals surface area contributed by atoms with Gasteiger partial charge in [0.2, 0.25) is 10.0 Å². The summed E-state index contributed by atoms with van der Waals surface area (Å²) in [5, 5.41) is 3.12. The average molecular weight is 297 g/mol. The quantitative estimate of drug-likeness (QED) is 0.906. The Kier molecular flexibility index (Phi) is 4.34. The largest absolute Gasteiger partial charge is 0.370 e. The van der Waals surface area contributed by atoms with Crippen molar-refractivity contribution in [1.82, 2.24) is 9.29 Å². The van der Waals surface area contributed by atoms with Crippen molar-refractivity contribution in [2.75, 3.05) is 25.0 Å². The van der Waals surface area contributed by atoms with Gasteiger partial charge in [0.05, 0.1) is 4.90 Å². The zero-order valence-corrected chi connectivity index (χ0v) is 13.2. The van der Waals surface area contributed by atoms with E-state index in [1.54, 1.807) is 22.6 Å². The minimum Gasteiger partial charge on any atom is -0.370 e. The van der Waals surface area contributed by atoms with E-state index in [0.29, 0.717) is 23.8 Å². The number of hydrogen-bond acceptors (Lipinski definition) is 4. The Labute approximate surface area is 121 Å². The molecule has 0 aliphatic carbocycles. The third kappa shape index (κ3) is 3.30. The molecule has 6 heteroatoms. The van der Waals surface area contributed by atoms with E-state index in [1.807, 2.05) is 0 Å². The van der Waals surface area contributed by atoms with Crippen LogP contribution in [-0.4, -0.2) is 37.3 Å². The summed E-state index contributed by atoms with van der Waals surface area (Å²) < 4.78 is 26.8. The zero-order chi connectivity index (χ0) is 14.8. The first kappa shape index (κ1) is 15.3. The third-order valence-electron chi connectivity index (χ3n) is 3.57. The Balaban J connectivity index is 2.21. The van der Waals surface area contributed by atoms with Crippen LogP contribution in [0, 0.1) is 5.41 Å². The molecule has 1 aromatic heterocycles. The van der Waals surface area contributed by atoms with E-state index in [9.17, 15) is 8.42 Å². The highest BCUT2D eigenvalue weighted by atomic mass is 32.2. The van der Waals surface area contributed by atoms with Gasteiger partial charge in [-0.05, 0) is 24.3 Å². The summed E-state index contributed by atoms with van der Waals surface area (Å²) in [4.78, 5) is 4.47. The summed E-state index contributed by atoms with van der Waals surface area (Å²) in [6.45, 7) is 8.21. The number of anilines is 1. The van der Waals surface area contributed by atoms with Gasteiger partial charge in [0.25, 0.3) is 0 Å². The molecule has 0 spiro atoms. The molecule has 0 unspecified atom stereocenters. The van der Waals surface area contributed by atoms with Crippen molar-refractivity contribution in [1.29, 1.82) is 0 Å². The summed E-state index contributed by atoms with van der Waals surface area (Å²) in [7, 11) is -3.40. The Morgan fingerprint density at radius 3 is 2.80 bits per heavy atom. The number of rotatable bonds is 5. The first-order chi connectivity index (χ1) is 9.35. The summed E-state index contributed by atoms with van der Waals surface area (Å²) in [5.74, 6) is 0.617. The van der Waals surface area contributed by atoms with Gasteiger partial charge in [-0.25, -0.2) is 13.4 Å². The van der Waals surface area contributed by atoms with E-state index in [2.05, 4.69) is 31.1 Å².